The number of nitrogens with zero attached hydrogens (tertiary/aromatic N) is 3. The Balaban J connectivity index is 2.27. The molecule has 3 rings (SSSR count). The lowest BCUT2D eigenvalue weighted by molar-refractivity contribution is -0.384. The third kappa shape index (κ3) is 2.02. The molecule has 6 heteroatoms. The highest BCUT2D eigenvalue weighted by Gasteiger charge is 2.18. The van der Waals surface area contributed by atoms with Crippen LogP contribution in [0.2, 0.25) is 5.02 Å². The average Bonchev–Trinajstić information content (AvgIpc) is 2.80. The van der Waals surface area contributed by atoms with Crippen molar-refractivity contribution in [3.05, 3.63) is 69.5 Å². The van der Waals surface area contributed by atoms with Gasteiger partial charge in [0.05, 0.1) is 15.5 Å². The Bertz CT molecular complexity index is 892. The van der Waals surface area contributed by atoms with Crippen molar-refractivity contribution in [2.24, 2.45) is 0 Å². The number of nitro benzene ring substituents is 1. The molecule has 5 nitrogen and oxygen atoms in total. The summed E-state index contributed by atoms with van der Waals surface area (Å²) in [5, 5.41) is 20.6. The number of aromatic nitrogens is 1. The molecule has 0 atom stereocenters. The smallest absolute Gasteiger partial charge is 0.269 e. The molecule has 0 spiro atoms. The Labute approximate surface area is 124 Å². The fourth-order valence-electron chi connectivity index (χ4n) is 2.29. The van der Waals surface area contributed by atoms with Crippen LogP contribution in [0.3, 0.4) is 0 Å². The molecule has 0 bridgehead atoms. The summed E-state index contributed by atoms with van der Waals surface area (Å²) in [7, 11) is 0. The zero-order valence-corrected chi connectivity index (χ0v) is 11.4. The van der Waals surface area contributed by atoms with Crippen molar-refractivity contribution in [3.63, 3.8) is 0 Å². The maximum atomic E-state index is 10.7. The van der Waals surface area contributed by atoms with Crippen LogP contribution in [-0.4, -0.2) is 9.32 Å². The number of nitro groups is 1. The number of fused-ring (bicyclic) bond motifs is 1. The lowest BCUT2D eigenvalue weighted by Crippen LogP contribution is -1.89. The normalized spacial score (nSPS) is 10.5. The molecule has 3 aromatic rings. The van der Waals surface area contributed by atoms with Crippen molar-refractivity contribution < 1.29 is 4.92 Å². The fourth-order valence-corrected chi connectivity index (χ4v) is 2.65. The van der Waals surface area contributed by atoms with Crippen LogP contribution in [0.25, 0.3) is 16.6 Å². The summed E-state index contributed by atoms with van der Waals surface area (Å²) >= 11 is 6.37. The number of rotatable bonds is 2. The minimum Gasteiger partial charge on any atom is -0.306 e. The molecule has 0 aliphatic heterocycles. The molecule has 0 aliphatic carbocycles. The Morgan fingerprint density at radius 2 is 1.90 bits per heavy atom. The Morgan fingerprint density at radius 1 is 1.19 bits per heavy atom. The second kappa shape index (κ2) is 4.93. The van der Waals surface area contributed by atoms with Crippen LogP contribution in [0.1, 0.15) is 5.69 Å². The van der Waals surface area contributed by atoms with Crippen LogP contribution < -0.4 is 0 Å². The van der Waals surface area contributed by atoms with Crippen LogP contribution in [0, 0.1) is 21.4 Å². The standard InChI is InChI=1S/C15H8ClN3O2/c16-15-12-3-1-2-8-18(12)13(9-17)14(15)10-4-6-11(7-5-10)19(20)21/h1-8H. The summed E-state index contributed by atoms with van der Waals surface area (Å²) in [6.45, 7) is 0. The molecule has 0 N–H and O–H groups in total. The number of halogens is 1. The average molecular weight is 298 g/mol. The maximum Gasteiger partial charge on any atom is 0.269 e. The van der Waals surface area contributed by atoms with Gasteiger partial charge in [0.2, 0.25) is 0 Å². The van der Waals surface area contributed by atoms with Gasteiger partial charge in [0, 0.05) is 23.9 Å². The van der Waals surface area contributed by atoms with Gasteiger partial charge < -0.3 is 4.40 Å². The van der Waals surface area contributed by atoms with Crippen LogP contribution in [-0.2, 0) is 0 Å². The van der Waals surface area contributed by atoms with Crippen LogP contribution in [0.15, 0.2) is 48.7 Å². The summed E-state index contributed by atoms with van der Waals surface area (Å²) < 4.78 is 1.71. The van der Waals surface area contributed by atoms with Crippen molar-refractivity contribution in [2.45, 2.75) is 0 Å². The zero-order valence-electron chi connectivity index (χ0n) is 10.7. The third-order valence-electron chi connectivity index (χ3n) is 3.25. The van der Waals surface area contributed by atoms with E-state index in [9.17, 15) is 15.4 Å². The third-order valence-corrected chi connectivity index (χ3v) is 3.64. The van der Waals surface area contributed by atoms with Gasteiger partial charge in [-0.3, -0.25) is 10.1 Å². The van der Waals surface area contributed by atoms with Gasteiger partial charge >= 0.3 is 0 Å². The Kier molecular flexibility index (Phi) is 3.09. The van der Waals surface area contributed by atoms with Gasteiger partial charge in [-0.25, -0.2) is 0 Å². The summed E-state index contributed by atoms with van der Waals surface area (Å²) in [6.07, 6.45) is 1.76. The number of hydrogen-bond acceptors (Lipinski definition) is 3. The molecule has 0 saturated carbocycles. The van der Waals surface area contributed by atoms with Gasteiger partial charge in [-0.05, 0) is 29.8 Å². The van der Waals surface area contributed by atoms with Crippen molar-refractivity contribution in [1.82, 2.24) is 4.40 Å². The number of non-ortho nitro benzene ring substituents is 1. The lowest BCUT2D eigenvalue weighted by atomic mass is 10.1. The first-order valence-corrected chi connectivity index (χ1v) is 6.44. The molecule has 0 fully saturated rings. The minimum atomic E-state index is -0.465. The molecule has 2 aromatic heterocycles. The largest absolute Gasteiger partial charge is 0.306 e. The van der Waals surface area contributed by atoms with Gasteiger partial charge in [0.25, 0.3) is 5.69 Å². The van der Waals surface area contributed by atoms with E-state index in [4.69, 9.17) is 11.6 Å². The number of hydrogen-bond donors (Lipinski definition) is 0. The molecule has 0 aliphatic rings. The molecule has 102 valence electrons. The molecule has 2 heterocycles. The molecule has 0 unspecified atom stereocenters. The van der Waals surface area contributed by atoms with E-state index in [0.29, 0.717) is 21.8 Å². The molecule has 0 amide bonds. The highest BCUT2D eigenvalue weighted by molar-refractivity contribution is 6.37. The fraction of sp³-hybridized carbons (Fsp3) is 0. The van der Waals surface area contributed by atoms with E-state index in [1.165, 1.54) is 12.1 Å². The van der Waals surface area contributed by atoms with E-state index < -0.39 is 4.92 Å². The van der Waals surface area contributed by atoms with Crippen molar-refractivity contribution >= 4 is 22.8 Å². The zero-order chi connectivity index (χ0) is 15.0. The predicted octanol–water partition coefficient (Wildman–Crippen LogP) is 4.04. The van der Waals surface area contributed by atoms with Crippen LogP contribution >= 0.6 is 11.6 Å². The Hall–Kier alpha value is -2.84. The van der Waals surface area contributed by atoms with E-state index in [1.54, 1.807) is 22.7 Å². The predicted molar refractivity (Wildman–Crippen MR) is 79.2 cm³/mol. The second-order valence-corrected chi connectivity index (χ2v) is 4.79. The quantitative estimate of drug-likeness (QED) is 0.529. The van der Waals surface area contributed by atoms with E-state index in [-0.39, 0.29) is 5.69 Å². The van der Waals surface area contributed by atoms with Gasteiger partial charge in [-0.1, -0.05) is 17.7 Å². The summed E-state index contributed by atoms with van der Waals surface area (Å²) in [6, 6.07) is 13.6. The molecule has 1 aromatic carbocycles. The van der Waals surface area contributed by atoms with Crippen LogP contribution in [0.4, 0.5) is 5.69 Å². The lowest BCUT2D eigenvalue weighted by Gasteiger charge is -2.00. The molecule has 0 saturated heterocycles. The van der Waals surface area contributed by atoms with Gasteiger partial charge in [0.1, 0.15) is 11.8 Å². The monoisotopic (exact) mass is 297 g/mol. The maximum absolute atomic E-state index is 10.7. The second-order valence-electron chi connectivity index (χ2n) is 4.41. The summed E-state index contributed by atoms with van der Waals surface area (Å²) in [5.41, 5.74) is 2.39. The van der Waals surface area contributed by atoms with E-state index >= 15 is 0 Å². The SMILES string of the molecule is N#Cc1c(-c2ccc([N+](=O)[O-])cc2)c(Cl)c2ccccn12. The van der Waals surface area contributed by atoms with E-state index in [1.807, 2.05) is 18.2 Å². The van der Waals surface area contributed by atoms with Gasteiger partial charge in [-0.2, -0.15) is 5.26 Å². The summed E-state index contributed by atoms with van der Waals surface area (Å²) in [4.78, 5) is 10.2. The van der Waals surface area contributed by atoms with Crippen molar-refractivity contribution in [1.29, 1.82) is 5.26 Å². The van der Waals surface area contributed by atoms with Crippen LogP contribution in [0.5, 0.6) is 0 Å². The topological polar surface area (TPSA) is 71.3 Å². The number of pyridine rings is 1. The van der Waals surface area contributed by atoms with Crippen molar-refractivity contribution in [3.8, 4) is 17.2 Å². The van der Waals surface area contributed by atoms with Gasteiger partial charge in [0.15, 0.2) is 0 Å². The Morgan fingerprint density at radius 3 is 2.52 bits per heavy atom. The minimum absolute atomic E-state index is 0.00264. The highest BCUT2D eigenvalue weighted by Crippen LogP contribution is 2.37. The molecule has 21 heavy (non-hydrogen) atoms. The molecule has 0 radical (unpaired) electrons. The van der Waals surface area contributed by atoms with Crippen molar-refractivity contribution in [2.75, 3.05) is 0 Å². The summed E-state index contributed by atoms with van der Waals surface area (Å²) in [5.74, 6) is 0. The van der Waals surface area contributed by atoms with E-state index in [2.05, 4.69) is 6.07 Å². The first-order valence-electron chi connectivity index (χ1n) is 6.07. The number of benzene rings is 1. The van der Waals surface area contributed by atoms with E-state index in [0.717, 1.165) is 5.52 Å². The first-order chi connectivity index (χ1) is 10.1. The highest BCUT2D eigenvalue weighted by atomic mass is 35.5. The van der Waals surface area contributed by atoms with Gasteiger partial charge in [-0.15, -0.1) is 0 Å². The molecular weight excluding hydrogens is 290 g/mol. The number of nitriles is 1. The first kappa shape index (κ1) is 13.2. The molecular formula is C15H8ClN3O2.